The Morgan fingerprint density at radius 1 is 1.22 bits per heavy atom. The van der Waals surface area contributed by atoms with Gasteiger partial charge in [0.1, 0.15) is 31.9 Å². The molecule has 16 heteroatoms. The summed E-state index contributed by atoms with van der Waals surface area (Å²) in [7, 11) is 0. The molecule has 1 heterocycles. The number of imide groups is 1. The van der Waals surface area contributed by atoms with E-state index in [-0.39, 0.29) is 4.90 Å². The van der Waals surface area contributed by atoms with Gasteiger partial charge >= 0.3 is 11.9 Å². The molecule has 0 bridgehead atoms. The fraction of sp³-hybridized carbons (Fsp3) is 0.750. The third-order valence-corrected chi connectivity index (χ3v) is 5.96. The maximum atomic E-state index is 13.4. The number of aliphatic hydroxyl groups is 3. The summed E-state index contributed by atoms with van der Waals surface area (Å²) in [4.78, 5) is 62.3. The Bertz CT molecular complexity index is 876. The lowest BCUT2D eigenvalue weighted by atomic mass is 9.76. The summed E-state index contributed by atoms with van der Waals surface area (Å²) in [6.45, 7) is 2.10. The van der Waals surface area contributed by atoms with Crippen molar-refractivity contribution in [3.05, 3.63) is 0 Å². The molecule has 0 aromatic heterocycles. The maximum Gasteiger partial charge on any atom is 0.332 e. The molecule has 0 saturated carbocycles. The Balaban J connectivity index is 3.89. The molecule has 1 unspecified atom stereocenters. The molecular weight excluding hydrogens is 488 g/mol. The van der Waals surface area contributed by atoms with Crippen molar-refractivity contribution in [3.63, 3.8) is 0 Å². The van der Waals surface area contributed by atoms with Crippen molar-refractivity contribution in [2.45, 2.75) is 87.9 Å². The van der Waals surface area contributed by atoms with E-state index in [1.807, 2.05) is 0 Å². The molecule has 0 aromatic rings. The maximum absolute atomic E-state index is 13.4. The van der Waals surface area contributed by atoms with Gasteiger partial charge in [0.2, 0.25) is 17.7 Å². The first-order chi connectivity index (χ1) is 17.1. The summed E-state index contributed by atoms with van der Waals surface area (Å²) in [5.74, 6) is -6.96. The number of rotatable bonds is 13. The van der Waals surface area contributed by atoms with Gasteiger partial charge in [-0.3, -0.25) is 24.1 Å². The van der Waals surface area contributed by atoms with E-state index in [2.05, 4.69) is 0 Å². The van der Waals surface area contributed by atoms with E-state index in [4.69, 9.17) is 22.4 Å². The number of carbonyl (C=O) groups is 5. The molecule has 1 fully saturated rings. The SMILES string of the molecule is [2H]N[C@H](C(=O)N(C(C)=O)[C@@](CCC(=O)O)(C(N)=O)C1O[C@H](CO)[C@@H](O)[C@H](O[C@H](C)C(=O)O)[C@H]1N)[C@@H](C)O. The van der Waals surface area contributed by atoms with E-state index in [1.165, 1.54) is 0 Å². The van der Waals surface area contributed by atoms with Gasteiger partial charge in [-0.2, -0.15) is 0 Å². The topological polar surface area (TPSA) is 286 Å². The van der Waals surface area contributed by atoms with Gasteiger partial charge in [-0.15, -0.1) is 0 Å². The Kier molecular flexibility index (Phi) is 10.2. The lowest BCUT2D eigenvalue weighted by Gasteiger charge is -2.52. The number of carboxylic acid groups (broad SMARTS) is 2. The van der Waals surface area contributed by atoms with Crippen molar-refractivity contribution in [3.8, 4) is 0 Å². The number of primary amides is 1. The number of nitrogens with zero attached hydrogens (tertiary/aromatic N) is 1. The molecule has 206 valence electrons. The van der Waals surface area contributed by atoms with Gasteiger partial charge in [0.05, 0.1) is 18.8 Å². The van der Waals surface area contributed by atoms with Crippen LogP contribution < -0.4 is 17.2 Å². The van der Waals surface area contributed by atoms with E-state index < -0.39 is 103 Å². The van der Waals surface area contributed by atoms with Crippen LogP contribution in [-0.4, -0.2) is 121 Å². The fourth-order valence-corrected chi connectivity index (χ4v) is 4.05. The van der Waals surface area contributed by atoms with Crippen molar-refractivity contribution in [2.24, 2.45) is 17.2 Å². The van der Waals surface area contributed by atoms with Gasteiger partial charge in [0.25, 0.3) is 0 Å². The largest absolute Gasteiger partial charge is 0.481 e. The van der Waals surface area contributed by atoms with Crippen LogP contribution in [0, 0.1) is 0 Å². The zero-order valence-electron chi connectivity index (χ0n) is 20.9. The molecule has 1 aliphatic rings. The number of aliphatic carboxylic acids is 2. The third-order valence-electron chi connectivity index (χ3n) is 5.96. The third kappa shape index (κ3) is 6.33. The fourth-order valence-electron chi connectivity index (χ4n) is 4.05. The second-order valence-electron chi connectivity index (χ2n) is 8.52. The highest BCUT2D eigenvalue weighted by Crippen LogP contribution is 2.37. The van der Waals surface area contributed by atoms with E-state index >= 15 is 0 Å². The summed E-state index contributed by atoms with van der Waals surface area (Å²) >= 11 is 0. The number of carbonyl (C=O) groups excluding carboxylic acids is 3. The van der Waals surface area contributed by atoms with Crippen LogP contribution in [0.5, 0.6) is 0 Å². The molecule has 11 N–H and O–H groups in total. The number of ether oxygens (including phenoxy) is 2. The van der Waals surface area contributed by atoms with Crippen molar-refractivity contribution >= 4 is 29.7 Å². The van der Waals surface area contributed by atoms with E-state index in [0.717, 1.165) is 20.8 Å². The first-order valence-corrected chi connectivity index (χ1v) is 10.9. The van der Waals surface area contributed by atoms with E-state index in [0.29, 0.717) is 0 Å². The second kappa shape index (κ2) is 12.5. The van der Waals surface area contributed by atoms with Crippen molar-refractivity contribution < 1.29 is 60.4 Å². The van der Waals surface area contributed by atoms with Crippen LogP contribution in [0.1, 0.15) is 33.6 Å². The smallest absolute Gasteiger partial charge is 0.332 e. The minimum Gasteiger partial charge on any atom is -0.481 e. The van der Waals surface area contributed by atoms with Crippen molar-refractivity contribution in [1.29, 1.82) is 0 Å². The van der Waals surface area contributed by atoms with Crippen LogP contribution in [0.3, 0.4) is 0 Å². The number of nitrogens with two attached hydrogens (primary N) is 3. The van der Waals surface area contributed by atoms with Crippen LogP contribution >= 0.6 is 0 Å². The number of hydrogen-bond donors (Lipinski definition) is 8. The number of aliphatic hydroxyl groups excluding tert-OH is 3. The van der Waals surface area contributed by atoms with Crippen LogP contribution in [0.25, 0.3) is 0 Å². The molecule has 36 heavy (non-hydrogen) atoms. The molecule has 0 radical (unpaired) electrons. The van der Waals surface area contributed by atoms with Crippen LogP contribution in [-0.2, 0) is 33.4 Å². The second-order valence-corrected chi connectivity index (χ2v) is 8.52. The van der Waals surface area contributed by atoms with E-state index in [1.54, 1.807) is 5.73 Å². The van der Waals surface area contributed by atoms with Crippen molar-refractivity contribution in [1.82, 2.24) is 4.90 Å². The Morgan fingerprint density at radius 3 is 2.19 bits per heavy atom. The summed E-state index contributed by atoms with van der Waals surface area (Å²) in [5, 5.41) is 48.9. The molecule has 1 saturated heterocycles. The highest BCUT2D eigenvalue weighted by molar-refractivity contribution is 6.04. The van der Waals surface area contributed by atoms with Crippen LogP contribution in [0.4, 0.5) is 0 Å². The number of carboxylic acids is 2. The Labute approximate surface area is 207 Å². The lowest BCUT2D eigenvalue weighted by Crippen LogP contribution is -2.77. The normalized spacial score (nSPS) is 28.6. The Hall–Kier alpha value is -2.73. The molecule has 1 rings (SSSR count). The van der Waals surface area contributed by atoms with Crippen LogP contribution in [0.15, 0.2) is 0 Å². The molecule has 9 atom stereocenters. The number of amides is 3. The van der Waals surface area contributed by atoms with E-state index in [9.17, 15) is 49.5 Å². The molecule has 16 nitrogen and oxygen atoms in total. The van der Waals surface area contributed by atoms with Crippen molar-refractivity contribution in [2.75, 3.05) is 6.61 Å². The summed E-state index contributed by atoms with van der Waals surface area (Å²) in [6, 6.07) is -3.52. The molecule has 0 aliphatic carbocycles. The van der Waals surface area contributed by atoms with Crippen LogP contribution in [0.2, 0.25) is 1.41 Å². The monoisotopic (exact) mass is 523 g/mol. The predicted molar refractivity (Wildman–Crippen MR) is 118 cm³/mol. The lowest BCUT2D eigenvalue weighted by molar-refractivity contribution is -0.237. The first-order valence-electron chi connectivity index (χ1n) is 11.4. The molecule has 3 amide bonds. The number of hydrogen-bond acceptors (Lipinski definition) is 12. The average molecular weight is 524 g/mol. The van der Waals surface area contributed by atoms with Gasteiger partial charge in [0.15, 0.2) is 11.6 Å². The van der Waals surface area contributed by atoms with Gasteiger partial charge in [-0.25, -0.2) is 4.79 Å². The summed E-state index contributed by atoms with van der Waals surface area (Å²) < 4.78 is 18.3. The Morgan fingerprint density at radius 2 is 1.81 bits per heavy atom. The molecule has 1 aliphatic heterocycles. The highest BCUT2D eigenvalue weighted by Gasteiger charge is 2.61. The standard InChI is InChI=1S/C20H34N4O12/c1-7(26)12(21)17(31)24(9(3)27)20(19(23)34,5-4-11(28)29)16-13(22)15(35-8(2)18(32)33)14(30)10(6-25)36-16/h7-8,10,12-16,25-26,30H,4-6,21-22H2,1-3H3,(H2,23,34)(H,28,29)(H,32,33)/t7-,8-,10-,12+,13-,14-,15-,16?,20-/m1/s1/i/hD. The highest BCUT2D eigenvalue weighted by atomic mass is 16.6. The minimum absolute atomic E-state index is 0.228. The zero-order chi connectivity index (χ0) is 28.8. The molecule has 0 aromatic carbocycles. The van der Waals surface area contributed by atoms with Gasteiger partial charge in [-0.05, 0) is 20.3 Å². The summed E-state index contributed by atoms with van der Waals surface area (Å²) in [6.07, 6.45) is -11.9. The average Bonchev–Trinajstić information content (AvgIpc) is 2.78. The van der Waals surface area contributed by atoms with Gasteiger partial charge < -0.3 is 52.2 Å². The summed E-state index contributed by atoms with van der Waals surface area (Å²) in [5.41, 5.74) is 10.9. The quantitative estimate of drug-likeness (QED) is 0.113. The van der Waals surface area contributed by atoms with Gasteiger partial charge in [-0.1, -0.05) is 0 Å². The molecular formula is C20H34N4O12. The zero-order valence-corrected chi connectivity index (χ0v) is 19.9. The molecule has 0 spiro atoms. The predicted octanol–water partition coefficient (Wildman–Crippen LogP) is -4.54. The first kappa shape index (κ1) is 29.5. The minimum atomic E-state index is -2.72. The van der Waals surface area contributed by atoms with Gasteiger partial charge in [0, 0.05) is 13.3 Å².